The molecule has 6 nitrogen and oxygen atoms in total. The van der Waals surface area contributed by atoms with Crippen molar-refractivity contribution >= 4 is 16.9 Å². The lowest BCUT2D eigenvalue weighted by molar-refractivity contribution is 0.0921. The first-order valence-corrected chi connectivity index (χ1v) is 10.8. The maximum Gasteiger partial charge on any atom is 0.287 e. The molecule has 0 radical (unpaired) electrons. The molecule has 1 saturated carbocycles. The van der Waals surface area contributed by atoms with Crippen molar-refractivity contribution in [2.24, 2.45) is 11.3 Å². The lowest BCUT2D eigenvalue weighted by atomic mass is 9.90. The van der Waals surface area contributed by atoms with Crippen molar-refractivity contribution in [3.05, 3.63) is 59.4 Å². The van der Waals surface area contributed by atoms with E-state index in [1.165, 1.54) is 30.4 Å². The van der Waals surface area contributed by atoms with Gasteiger partial charge in [-0.1, -0.05) is 0 Å². The van der Waals surface area contributed by atoms with Gasteiger partial charge in [-0.2, -0.15) is 0 Å². The zero-order valence-electron chi connectivity index (χ0n) is 17.6. The second kappa shape index (κ2) is 7.51. The Bertz CT molecular complexity index is 1050. The molecule has 2 fully saturated rings. The predicted octanol–water partition coefficient (Wildman–Crippen LogP) is 3.87. The molecule has 1 aliphatic heterocycles. The highest BCUT2D eigenvalue weighted by molar-refractivity contribution is 5.95. The summed E-state index contributed by atoms with van der Waals surface area (Å²) in [5, 5.41) is 3.99. The van der Waals surface area contributed by atoms with Crippen LogP contribution in [-0.4, -0.2) is 40.4 Å². The summed E-state index contributed by atoms with van der Waals surface area (Å²) < 4.78 is 5.62. The van der Waals surface area contributed by atoms with Crippen LogP contribution in [-0.2, 0) is 6.54 Å². The minimum absolute atomic E-state index is 0.131. The number of hydrogen-bond donors (Lipinski definition) is 1. The van der Waals surface area contributed by atoms with Gasteiger partial charge in [-0.15, -0.1) is 0 Å². The molecule has 30 heavy (non-hydrogen) atoms. The summed E-state index contributed by atoms with van der Waals surface area (Å²) in [6.07, 6.45) is 9.01. The van der Waals surface area contributed by atoms with E-state index in [1.54, 1.807) is 18.5 Å². The molecule has 3 aromatic rings. The van der Waals surface area contributed by atoms with Gasteiger partial charge in [-0.05, 0) is 86.9 Å². The standard InChI is InChI=1S/C24H28N4O2/c1-16-9-17(2)26-12-19(16)15-28-7-4-24(5-8-28)11-20(24)13-27-23(29)21-10-18-3-6-25-14-22(18)30-21/h3,6,9-10,12,14,20H,4-5,7-8,11,13,15H2,1-2H3,(H,27,29). The Labute approximate surface area is 176 Å². The number of aryl methyl sites for hydroxylation is 2. The van der Waals surface area contributed by atoms with E-state index in [2.05, 4.69) is 33.2 Å². The van der Waals surface area contributed by atoms with Gasteiger partial charge >= 0.3 is 0 Å². The average Bonchev–Trinajstić information content (AvgIpc) is 3.22. The quantitative estimate of drug-likeness (QED) is 0.699. The van der Waals surface area contributed by atoms with Crippen LogP contribution in [0.25, 0.3) is 11.0 Å². The van der Waals surface area contributed by atoms with Crippen LogP contribution in [0, 0.1) is 25.2 Å². The smallest absolute Gasteiger partial charge is 0.287 e. The van der Waals surface area contributed by atoms with Crippen molar-refractivity contribution in [2.45, 2.75) is 39.7 Å². The summed E-state index contributed by atoms with van der Waals surface area (Å²) in [7, 11) is 0. The summed E-state index contributed by atoms with van der Waals surface area (Å²) in [5.41, 5.74) is 4.81. The number of amides is 1. The van der Waals surface area contributed by atoms with Gasteiger partial charge in [0.2, 0.25) is 0 Å². The number of rotatable bonds is 5. The number of carbonyl (C=O) groups is 1. The highest BCUT2D eigenvalue weighted by Crippen LogP contribution is 2.59. The van der Waals surface area contributed by atoms with Crippen LogP contribution in [0.2, 0.25) is 0 Å². The normalized spacial score (nSPS) is 20.5. The van der Waals surface area contributed by atoms with E-state index in [4.69, 9.17) is 4.42 Å². The van der Waals surface area contributed by atoms with Gasteiger partial charge in [0.05, 0.1) is 6.20 Å². The van der Waals surface area contributed by atoms with Gasteiger partial charge < -0.3 is 9.73 Å². The number of piperidine rings is 1. The molecule has 0 bridgehead atoms. The molecule has 0 aromatic carbocycles. The van der Waals surface area contributed by atoms with E-state index in [0.717, 1.165) is 37.3 Å². The molecule has 1 unspecified atom stereocenters. The molecule has 1 saturated heterocycles. The fourth-order valence-corrected chi connectivity index (χ4v) is 4.92. The van der Waals surface area contributed by atoms with Gasteiger partial charge in [0.25, 0.3) is 5.91 Å². The fraction of sp³-hybridized carbons (Fsp3) is 0.458. The number of carbonyl (C=O) groups excluding carboxylic acids is 1. The molecule has 156 valence electrons. The van der Waals surface area contributed by atoms with Crippen LogP contribution in [0.15, 0.2) is 41.2 Å². The van der Waals surface area contributed by atoms with Gasteiger partial charge in [0.1, 0.15) is 0 Å². The third-order valence-electron chi connectivity index (χ3n) is 7.02. The lowest BCUT2D eigenvalue weighted by Gasteiger charge is -2.33. The zero-order chi connectivity index (χ0) is 20.7. The summed E-state index contributed by atoms with van der Waals surface area (Å²) >= 11 is 0. The topological polar surface area (TPSA) is 71.3 Å². The van der Waals surface area contributed by atoms with Crippen LogP contribution < -0.4 is 5.32 Å². The Morgan fingerprint density at radius 3 is 2.87 bits per heavy atom. The third kappa shape index (κ3) is 3.72. The molecule has 2 aliphatic rings. The third-order valence-corrected chi connectivity index (χ3v) is 7.02. The van der Waals surface area contributed by atoms with E-state index in [-0.39, 0.29) is 5.91 Å². The minimum Gasteiger partial charge on any atom is -0.449 e. The van der Waals surface area contributed by atoms with Crippen molar-refractivity contribution in [3.63, 3.8) is 0 Å². The Hall–Kier alpha value is -2.73. The lowest BCUT2D eigenvalue weighted by Crippen LogP contribution is -2.36. The average molecular weight is 405 g/mol. The van der Waals surface area contributed by atoms with Gasteiger partial charge in [0, 0.05) is 36.6 Å². The van der Waals surface area contributed by atoms with Crippen molar-refractivity contribution in [3.8, 4) is 0 Å². The number of nitrogens with zero attached hydrogens (tertiary/aromatic N) is 3. The minimum atomic E-state index is -0.131. The monoisotopic (exact) mass is 404 g/mol. The van der Waals surface area contributed by atoms with Crippen LogP contribution in [0.4, 0.5) is 0 Å². The van der Waals surface area contributed by atoms with E-state index in [1.807, 2.05) is 19.2 Å². The molecule has 4 heterocycles. The van der Waals surface area contributed by atoms with Gasteiger partial charge in [-0.25, -0.2) is 0 Å². The Morgan fingerprint density at radius 1 is 1.27 bits per heavy atom. The first kappa shape index (κ1) is 19.2. The molecule has 1 aliphatic carbocycles. The van der Waals surface area contributed by atoms with Crippen LogP contribution in [0.5, 0.6) is 0 Å². The molecule has 1 atom stereocenters. The maximum atomic E-state index is 12.5. The number of aromatic nitrogens is 2. The van der Waals surface area contributed by atoms with Crippen LogP contribution >= 0.6 is 0 Å². The number of fused-ring (bicyclic) bond motifs is 1. The first-order valence-electron chi connectivity index (χ1n) is 10.8. The van der Waals surface area contributed by atoms with Crippen molar-refractivity contribution in [1.82, 2.24) is 20.2 Å². The van der Waals surface area contributed by atoms with Crippen LogP contribution in [0.1, 0.15) is 46.6 Å². The summed E-state index contributed by atoms with van der Waals surface area (Å²) in [5.74, 6) is 0.815. The predicted molar refractivity (Wildman–Crippen MR) is 115 cm³/mol. The van der Waals surface area contributed by atoms with E-state index >= 15 is 0 Å². The molecule has 1 N–H and O–H groups in total. The first-order chi connectivity index (χ1) is 14.5. The second-order valence-electron chi connectivity index (χ2n) is 9.03. The number of furan rings is 1. The number of likely N-dealkylation sites (tertiary alicyclic amines) is 1. The zero-order valence-corrected chi connectivity index (χ0v) is 17.6. The van der Waals surface area contributed by atoms with Crippen molar-refractivity contribution in [1.29, 1.82) is 0 Å². The number of pyridine rings is 2. The molecule has 1 spiro atoms. The molecule has 5 rings (SSSR count). The number of nitrogens with one attached hydrogen (secondary N) is 1. The molecule has 6 heteroatoms. The van der Waals surface area contributed by atoms with Crippen molar-refractivity contribution in [2.75, 3.05) is 19.6 Å². The number of hydrogen-bond acceptors (Lipinski definition) is 5. The van der Waals surface area contributed by atoms with Crippen molar-refractivity contribution < 1.29 is 9.21 Å². The van der Waals surface area contributed by atoms with E-state index in [9.17, 15) is 4.79 Å². The highest BCUT2D eigenvalue weighted by Gasteiger charge is 2.54. The summed E-state index contributed by atoms with van der Waals surface area (Å²) in [6.45, 7) is 8.17. The molecular weight excluding hydrogens is 376 g/mol. The van der Waals surface area contributed by atoms with Gasteiger partial charge in [-0.3, -0.25) is 19.7 Å². The molecular formula is C24H28N4O2. The largest absolute Gasteiger partial charge is 0.449 e. The maximum absolute atomic E-state index is 12.5. The van der Waals surface area contributed by atoms with E-state index < -0.39 is 0 Å². The Balaban J connectivity index is 1.11. The SMILES string of the molecule is Cc1cc(C)c(CN2CCC3(CC2)CC3CNC(=O)c2cc3ccncc3o2)cn1. The molecule has 3 aromatic heterocycles. The van der Waals surface area contributed by atoms with E-state index in [0.29, 0.717) is 22.7 Å². The fourth-order valence-electron chi connectivity index (χ4n) is 4.92. The Kier molecular flexibility index (Phi) is 4.82. The van der Waals surface area contributed by atoms with Gasteiger partial charge in [0.15, 0.2) is 11.3 Å². The summed E-state index contributed by atoms with van der Waals surface area (Å²) in [6, 6.07) is 5.81. The van der Waals surface area contributed by atoms with Crippen LogP contribution in [0.3, 0.4) is 0 Å². The highest BCUT2D eigenvalue weighted by atomic mass is 16.3. The Morgan fingerprint density at radius 2 is 2.10 bits per heavy atom. The molecule has 1 amide bonds. The summed E-state index contributed by atoms with van der Waals surface area (Å²) in [4.78, 5) is 23.5. The second-order valence-corrected chi connectivity index (χ2v) is 9.03.